The van der Waals surface area contributed by atoms with E-state index in [0.29, 0.717) is 5.56 Å². The zero-order chi connectivity index (χ0) is 29.1. The number of benzene rings is 1. The van der Waals surface area contributed by atoms with Gasteiger partial charge in [-0.3, -0.25) is 24.1 Å². The Morgan fingerprint density at radius 1 is 1.23 bits per heavy atom. The number of primary amides is 1. The molecule has 0 aliphatic heterocycles. The van der Waals surface area contributed by atoms with Crippen LogP contribution in [0.15, 0.2) is 41.3 Å². The summed E-state index contributed by atoms with van der Waals surface area (Å²) in [4.78, 5) is 53.8. The second kappa shape index (κ2) is 9.53. The summed E-state index contributed by atoms with van der Waals surface area (Å²) in [5.74, 6) is -9.99. The molecule has 0 bridgehead atoms. The van der Waals surface area contributed by atoms with Crippen molar-refractivity contribution < 1.29 is 44.3 Å². The van der Waals surface area contributed by atoms with Gasteiger partial charge in [0.25, 0.3) is 5.91 Å². The van der Waals surface area contributed by atoms with E-state index >= 15 is 0 Å². The molecule has 3 aliphatic rings. The summed E-state index contributed by atoms with van der Waals surface area (Å²) in [7, 11) is 2.92. The Bertz CT molecular complexity index is 1430. The first kappa shape index (κ1) is 27.8. The number of aliphatic hydroxyl groups excluding tert-OH is 2. The van der Waals surface area contributed by atoms with Gasteiger partial charge in [0.05, 0.1) is 17.5 Å². The van der Waals surface area contributed by atoms with Gasteiger partial charge in [0.2, 0.25) is 5.78 Å². The average molecular weight is 539 g/mol. The molecule has 1 amide bonds. The molecule has 0 spiro atoms. The van der Waals surface area contributed by atoms with E-state index in [-0.39, 0.29) is 23.3 Å². The third kappa shape index (κ3) is 3.73. The predicted octanol–water partition coefficient (Wildman–Crippen LogP) is 1.25. The molecule has 3 aliphatic carbocycles. The molecule has 1 saturated carbocycles. The Morgan fingerprint density at radius 3 is 2.41 bits per heavy atom. The van der Waals surface area contributed by atoms with Crippen LogP contribution in [0.5, 0.6) is 5.75 Å². The predicted molar refractivity (Wildman–Crippen MR) is 138 cm³/mol. The Hall–Kier alpha value is -4.18. The van der Waals surface area contributed by atoms with Gasteiger partial charge in [-0.1, -0.05) is 32.6 Å². The highest BCUT2D eigenvalue weighted by Crippen LogP contribution is 2.57. The molecule has 11 nitrogen and oxygen atoms in total. The number of nitrogens with zero attached hydrogens (tertiary/aromatic N) is 1. The van der Waals surface area contributed by atoms with Crippen molar-refractivity contribution in [2.45, 2.75) is 43.9 Å². The zero-order valence-electron chi connectivity index (χ0n) is 21.9. The van der Waals surface area contributed by atoms with E-state index in [1.165, 1.54) is 32.0 Å². The van der Waals surface area contributed by atoms with Crippen LogP contribution in [0.4, 0.5) is 0 Å². The lowest BCUT2D eigenvalue weighted by Crippen LogP contribution is -2.71. The Morgan fingerprint density at radius 2 is 1.87 bits per heavy atom. The van der Waals surface area contributed by atoms with Gasteiger partial charge >= 0.3 is 5.97 Å². The van der Waals surface area contributed by atoms with Crippen molar-refractivity contribution in [1.82, 2.24) is 4.90 Å². The number of likely N-dealkylation sites (N-methyl/N-ethyl adjacent to an activating group) is 1. The second-order valence-electron chi connectivity index (χ2n) is 10.2. The van der Waals surface area contributed by atoms with E-state index in [1.807, 2.05) is 0 Å². The van der Waals surface area contributed by atoms with Gasteiger partial charge in [0.15, 0.2) is 11.4 Å². The number of rotatable bonds is 5. The van der Waals surface area contributed by atoms with Crippen LogP contribution >= 0.6 is 0 Å². The maximum atomic E-state index is 14.2. The maximum absolute atomic E-state index is 14.2. The number of Topliss-reactive ketones (excluding diaryl/α,β-unsaturated/α-hetero) is 2. The fourth-order valence-corrected chi connectivity index (χ4v) is 6.21. The highest BCUT2D eigenvalue weighted by molar-refractivity contribution is 6.24. The van der Waals surface area contributed by atoms with Crippen LogP contribution in [0.1, 0.15) is 42.9 Å². The van der Waals surface area contributed by atoms with Gasteiger partial charge < -0.3 is 30.9 Å². The number of esters is 1. The minimum atomic E-state index is -2.98. The number of aromatic hydroxyl groups is 1. The lowest BCUT2D eigenvalue weighted by atomic mass is 9.54. The van der Waals surface area contributed by atoms with Gasteiger partial charge in [0, 0.05) is 23.5 Å². The number of aliphatic hydroxyl groups is 3. The highest BCUT2D eigenvalue weighted by atomic mass is 16.5. The lowest BCUT2D eigenvalue weighted by molar-refractivity contribution is -0.185. The van der Waals surface area contributed by atoms with Crippen LogP contribution in [0.25, 0.3) is 11.8 Å². The first-order valence-electron chi connectivity index (χ1n) is 12.3. The molecule has 0 aromatic heterocycles. The Kier molecular flexibility index (Phi) is 6.81. The third-order valence-corrected chi connectivity index (χ3v) is 7.95. The average Bonchev–Trinajstić information content (AvgIpc) is 2.86. The summed E-state index contributed by atoms with van der Waals surface area (Å²) in [6, 6.07) is 1.77. The molecular formula is C28H30N2O9. The van der Waals surface area contributed by atoms with Crippen molar-refractivity contribution >= 4 is 35.3 Å². The number of phenolic OH excluding ortho intramolecular Hbond substituents is 1. The van der Waals surface area contributed by atoms with Crippen LogP contribution in [-0.4, -0.2) is 80.6 Å². The molecular weight excluding hydrogens is 508 g/mol. The molecule has 206 valence electrons. The standard InChI is InChI=1S/C28H30N2O9/c1-6-8-12-9-10-13-11(3)15-17(22(33)16(13)21(12)32)25(35)28(38)19(24(15)39-14(31)7-2)20(30(4)5)23(34)18(26(28)36)27(29)37/h8-11,15,19-20,24,32-33,36,38H,1,7H2,2-5H3,(H2,29,37)/t11-,15+,19+,20-,24-,28-/m1/s1. The lowest BCUT2D eigenvalue weighted by Gasteiger charge is -2.54. The number of ketones is 2. The number of carbonyl (C=O) groups excluding carboxylic acids is 4. The van der Waals surface area contributed by atoms with E-state index in [1.54, 1.807) is 19.1 Å². The van der Waals surface area contributed by atoms with Gasteiger partial charge in [-0.2, -0.15) is 0 Å². The van der Waals surface area contributed by atoms with Crippen LogP contribution in [0.2, 0.25) is 0 Å². The first-order chi connectivity index (χ1) is 18.2. The molecule has 6 atom stereocenters. The maximum Gasteiger partial charge on any atom is 0.305 e. The molecule has 0 unspecified atom stereocenters. The van der Waals surface area contributed by atoms with Crippen molar-refractivity contribution in [3.8, 4) is 5.75 Å². The van der Waals surface area contributed by atoms with Crippen LogP contribution in [-0.2, 0) is 23.9 Å². The van der Waals surface area contributed by atoms with E-state index in [9.17, 15) is 39.6 Å². The summed E-state index contributed by atoms with van der Waals surface area (Å²) in [6.07, 6.45) is -0.154. The SMILES string of the molecule is C=C=Cc1ccc2c(c1O)C(O)=C1C(=O)[C@@]3(O)C(O)=C(C(N)=O)C(=O)[C@H](N(C)C)[C@H]3[C@H](OC(=O)CC)[C@H]1[C@@H]2C. The molecule has 0 heterocycles. The molecule has 11 heteroatoms. The van der Waals surface area contributed by atoms with Crippen molar-refractivity contribution in [3.63, 3.8) is 0 Å². The Balaban J connectivity index is 2.13. The number of amides is 1. The van der Waals surface area contributed by atoms with Gasteiger partial charge in [-0.15, -0.1) is 5.73 Å². The van der Waals surface area contributed by atoms with E-state index in [2.05, 4.69) is 12.3 Å². The fourth-order valence-electron chi connectivity index (χ4n) is 6.21. The van der Waals surface area contributed by atoms with Crippen LogP contribution in [0.3, 0.4) is 0 Å². The summed E-state index contributed by atoms with van der Waals surface area (Å²) >= 11 is 0. The molecule has 6 N–H and O–H groups in total. The van der Waals surface area contributed by atoms with Crippen molar-refractivity contribution in [2.24, 2.45) is 17.6 Å². The number of hydrogen-bond acceptors (Lipinski definition) is 10. The zero-order valence-corrected chi connectivity index (χ0v) is 21.9. The molecule has 39 heavy (non-hydrogen) atoms. The number of ether oxygens (including phenoxy) is 1. The molecule has 1 fully saturated rings. The minimum Gasteiger partial charge on any atom is -0.508 e. The van der Waals surface area contributed by atoms with E-state index < -0.39 is 81.6 Å². The normalized spacial score (nSPS) is 29.8. The highest BCUT2D eigenvalue weighted by Gasteiger charge is 2.69. The Labute approximate surface area is 224 Å². The van der Waals surface area contributed by atoms with E-state index in [4.69, 9.17) is 10.5 Å². The summed E-state index contributed by atoms with van der Waals surface area (Å²) in [5.41, 5.74) is 4.08. The number of hydrogen-bond donors (Lipinski definition) is 5. The largest absolute Gasteiger partial charge is 0.508 e. The monoisotopic (exact) mass is 538 g/mol. The van der Waals surface area contributed by atoms with E-state index in [0.717, 1.165) is 0 Å². The van der Waals surface area contributed by atoms with Crippen molar-refractivity contribution in [1.29, 1.82) is 0 Å². The molecule has 1 aromatic carbocycles. The summed E-state index contributed by atoms with van der Waals surface area (Å²) < 4.78 is 5.78. The smallest absolute Gasteiger partial charge is 0.305 e. The number of phenols is 1. The van der Waals surface area contributed by atoms with Crippen molar-refractivity contribution in [3.05, 3.63) is 58.0 Å². The fraction of sp³-hybridized carbons (Fsp3) is 0.393. The summed E-state index contributed by atoms with van der Waals surface area (Å²) in [6.45, 7) is 6.69. The quantitative estimate of drug-likeness (QED) is 0.207. The van der Waals surface area contributed by atoms with Crippen LogP contribution in [0, 0.1) is 11.8 Å². The van der Waals surface area contributed by atoms with Gasteiger partial charge in [-0.05, 0) is 31.7 Å². The number of fused-ring (bicyclic) bond motifs is 3. The van der Waals surface area contributed by atoms with Gasteiger partial charge in [-0.25, -0.2) is 0 Å². The minimum absolute atomic E-state index is 0.0920. The third-order valence-electron chi connectivity index (χ3n) is 7.95. The second-order valence-corrected chi connectivity index (χ2v) is 10.2. The number of carbonyl (C=O) groups is 4. The van der Waals surface area contributed by atoms with Crippen molar-refractivity contribution in [2.75, 3.05) is 14.1 Å². The topological polar surface area (TPSA) is 188 Å². The molecule has 4 rings (SSSR count). The number of nitrogens with two attached hydrogens (primary N) is 1. The molecule has 1 aromatic rings. The van der Waals surface area contributed by atoms with Crippen LogP contribution < -0.4 is 5.73 Å². The first-order valence-corrected chi connectivity index (χ1v) is 12.3. The van der Waals surface area contributed by atoms with Gasteiger partial charge in [0.1, 0.15) is 28.9 Å². The summed E-state index contributed by atoms with van der Waals surface area (Å²) in [5, 5.41) is 45.5. The molecule has 0 radical (unpaired) electrons. The molecule has 0 saturated heterocycles.